The number of fused-ring (bicyclic) bond motifs is 4. The number of benzene rings is 1. The molecule has 1 saturated carbocycles. The van der Waals surface area contributed by atoms with Gasteiger partial charge in [0.2, 0.25) is 11.8 Å². The van der Waals surface area contributed by atoms with Crippen molar-refractivity contribution in [3.8, 4) is 0 Å². The Kier molecular flexibility index (Phi) is 5.42. The number of anilines is 2. The summed E-state index contributed by atoms with van der Waals surface area (Å²) < 4.78 is 42.4. The minimum atomic E-state index is -4.56. The van der Waals surface area contributed by atoms with Gasteiger partial charge < -0.3 is 20.5 Å². The van der Waals surface area contributed by atoms with Crippen LogP contribution in [0, 0.1) is 5.41 Å². The van der Waals surface area contributed by atoms with E-state index in [9.17, 15) is 22.8 Å². The van der Waals surface area contributed by atoms with E-state index in [0.717, 1.165) is 18.6 Å². The van der Waals surface area contributed by atoms with Crippen LogP contribution in [-0.4, -0.2) is 48.3 Å². The number of amides is 2. The van der Waals surface area contributed by atoms with Crippen molar-refractivity contribution in [2.75, 3.05) is 11.1 Å². The molecule has 3 atom stereocenters. The van der Waals surface area contributed by atoms with Crippen LogP contribution in [0.15, 0.2) is 47.3 Å². The van der Waals surface area contributed by atoms with Gasteiger partial charge in [0.1, 0.15) is 40.8 Å². The molecular formula is C25H21BrF3N7O2. The number of hydrogen-bond acceptors (Lipinski definition) is 6. The largest absolute Gasteiger partial charge is 0.416 e. The van der Waals surface area contributed by atoms with Crippen LogP contribution < -0.4 is 11.1 Å². The quantitative estimate of drug-likeness (QED) is 0.342. The van der Waals surface area contributed by atoms with Gasteiger partial charge in [-0.15, -0.1) is 0 Å². The van der Waals surface area contributed by atoms with Crippen molar-refractivity contribution in [1.82, 2.24) is 24.4 Å². The minimum absolute atomic E-state index is 0.0141. The van der Waals surface area contributed by atoms with E-state index in [2.05, 4.69) is 36.2 Å². The first-order chi connectivity index (χ1) is 18.0. The summed E-state index contributed by atoms with van der Waals surface area (Å²) in [7, 11) is 0. The van der Waals surface area contributed by atoms with E-state index in [4.69, 9.17) is 5.73 Å². The molecule has 38 heavy (non-hydrogen) atoms. The van der Waals surface area contributed by atoms with Crippen LogP contribution in [-0.2, 0) is 22.3 Å². The predicted octanol–water partition coefficient (Wildman–Crippen LogP) is 4.36. The number of alkyl halides is 3. The molecule has 13 heteroatoms. The van der Waals surface area contributed by atoms with Gasteiger partial charge in [0.25, 0.3) is 0 Å². The molecule has 4 heterocycles. The molecule has 9 nitrogen and oxygen atoms in total. The lowest BCUT2D eigenvalue weighted by atomic mass is 10.0. The average Bonchev–Trinajstić information content (AvgIpc) is 3.25. The maximum atomic E-state index is 13.8. The average molecular weight is 588 g/mol. The van der Waals surface area contributed by atoms with E-state index in [1.165, 1.54) is 17.0 Å². The summed E-state index contributed by atoms with van der Waals surface area (Å²) in [5, 5.41) is 3.24. The zero-order valence-corrected chi connectivity index (χ0v) is 21.5. The number of piperidine rings is 1. The molecule has 0 radical (unpaired) electrons. The Morgan fingerprint density at radius 1 is 1.21 bits per heavy atom. The fourth-order valence-corrected chi connectivity index (χ4v) is 5.88. The smallest absolute Gasteiger partial charge is 0.383 e. The number of rotatable bonds is 4. The van der Waals surface area contributed by atoms with Crippen molar-refractivity contribution in [3.63, 3.8) is 0 Å². The zero-order chi connectivity index (χ0) is 27.0. The lowest BCUT2D eigenvalue weighted by Crippen LogP contribution is -2.46. The van der Waals surface area contributed by atoms with Gasteiger partial charge in [-0.2, -0.15) is 13.2 Å². The van der Waals surface area contributed by atoms with Crippen LogP contribution in [0.1, 0.15) is 25.3 Å². The van der Waals surface area contributed by atoms with Gasteiger partial charge in [-0.25, -0.2) is 15.0 Å². The number of carbonyl (C=O) groups excluding carboxylic acids is 2. The Morgan fingerprint density at radius 3 is 2.74 bits per heavy atom. The number of nitrogens with zero attached hydrogens (tertiary/aromatic N) is 5. The summed E-state index contributed by atoms with van der Waals surface area (Å²) in [5.74, 6) is -0.312. The summed E-state index contributed by atoms with van der Waals surface area (Å²) in [6, 6.07) is 7.57. The number of hydrogen-bond donors (Lipinski definition) is 2. The topological polar surface area (TPSA) is 119 Å². The first-order valence-corrected chi connectivity index (χ1v) is 12.6. The minimum Gasteiger partial charge on any atom is -0.383 e. The Morgan fingerprint density at radius 2 is 2.00 bits per heavy atom. The van der Waals surface area contributed by atoms with Gasteiger partial charge in [0.15, 0.2) is 0 Å². The van der Waals surface area contributed by atoms with Crippen LogP contribution in [0.5, 0.6) is 0 Å². The number of likely N-dealkylation sites (tertiary alicyclic amines) is 1. The van der Waals surface area contributed by atoms with Crippen LogP contribution in [0.4, 0.5) is 24.8 Å². The summed E-state index contributed by atoms with van der Waals surface area (Å²) in [4.78, 5) is 41.0. The molecule has 4 aromatic rings. The first kappa shape index (κ1) is 24.6. The van der Waals surface area contributed by atoms with Gasteiger partial charge in [-0.1, -0.05) is 13.0 Å². The predicted molar refractivity (Wildman–Crippen MR) is 137 cm³/mol. The van der Waals surface area contributed by atoms with E-state index in [1.54, 1.807) is 23.1 Å². The van der Waals surface area contributed by atoms with Crippen LogP contribution >= 0.6 is 15.9 Å². The van der Waals surface area contributed by atoms with Gasteiger partial charge >= 0.3 is 6.18 Å². The molecule has 1 aliphatic heterocycles. The van der Waals surface area contributed by atoms with E-state index < -0.39 is 17.8 Å². The Hall–Kier alpha value is -3.74. The van der Waals surface area contributed by atoms with Gasteiger partial charge in [-0.3, -0.25) is 9.59 Å². The third kappa shape index (κ3) is 3.96. The molecule has 6 rings (SSSR count). The molecule has 1 aromatic carbocycles. The highest BCUT2D eigenvalue weighted by Crippen LogP contribution is 2.59. The molecule has 2 aliphatic rings. The van der Waals surface area contributed by atoms with E-state index in [0.29, 0.717) is 22.4 Å². The number of pyridine rings is 1. The van der Waals surface area contributed by atoms with Crippen LogP contribution in [0.25, 0.3) is 21.9 Å². The number of nitrogen functional groups attached to an aromatic ring is 1. The Balaban J connectivity index is 1.36. The van der Waals surface area contributed by atoms with E-state index in [1.807, 2.05) is 6.92 Å². The molecule has 1 saturated heterocycles. The fraction of sp³-hybridized carbons (Fsp3) is 0.320. The highest BCUT2D eigenvalue weighted by molar-refractivity contribution is 9.10. The van der Waals surface area contributed by atoms with Crippen molar-refractivity contribution in [3.05, 3.63) is 52.9 Å². The van der Waals surface area contributed by atoms with Crippen LogP contribution in [0.3, 0.4) is 0 Å². The molecule has 0 bridgehead atoms. The maximum Gasteiger partial charge on any atom is 0.416 e. The number of carbonyl (C=O) groups is 2. The Labute approximate surface area is 222 Å². The lowest BCUT2D eigenvalue weighted by molar-refractivity contribution is -0.138. The number of nitrogens with one attached hydrogen (secondary N) is 1. The molecule has 0 spiro atoms. The maximum absolute atomic E-state index is 13.8. The number of halogens is 4. The molecule has 1 unspecified atom stereocenters. The third-order valence-electron chi connectivity index (χ3n) is 7.48. The van der Waals surface area contributed by atoms with Gasteiger partial charge in [-0.05, 0) is 64.5 Å². The van der Waals surface area contributed by atoms with Crippen molar-refractivity contribution in [1.29, 1.82) is 0 Å². The molecule has 196 valence electrons. The second-order valence-electron chi connectivity index (χ2n) is 10.0. The highest BCUT2D eigenvalue weighted by Gasteiger charge is 2.64. The molecule has 2 amide bonds. The van der Waals surface area contributed by atoms with Crippen molar-refractivity contribution in [2.24, 2.45) is 5.41 Å². The molecule has 3 aromatic heterocycles. The van der Waals surface area contributed by atoms with E-state index >= 15 is 0 Å². The monoisotopic (exact) mass is 587 g/mol. The zero-order valence-electron chi connectivity index (χ0n) is 20.0. The van der Waals surface area contributed by atoms with Gasteiger partial charge in [0, 0.05) is 11.4 Å². The number of aromatic nitrogens is 4. The standard InChI is InChI=1S/C25H21BrF3N7O2/c1-24-8-15(23(38)34-18-4-2-3-17(26)33-18)36(16(24)9-24)19(37)10-35-14-6-5-12(25(27,28)29)7-13(14)20-21(30)31-11-32-22(20)35/h2-7,11,15-16H,8-10H2,1H3,(H2,30,31,32)(H,33,34,38)/t15?,16-,24-/m0/s1. The third-order valence-corrected chi connectivity index (χ3v) is 7.92. The summed E-state index contributed by atoms with van der Waals surface area (Å²) in [6.07, 6.45) is -2.08. The first-order valence-electron chi connectivity index (χ1n) is 11.8. The Bertz CT molecular complexity index is 1640. The fourth-order valence-electron chi connectivity index (χ4n) is 5.54. The molecule has 3 N–H and O–H groups in total. The molecule has 2 fully saturated rings. The molecule has 1 aliphatic carbocycles. The summed E-state index contributed by atoms with van der Waals surface area (Å²) in [5.41, 5.74) is 5.64. The van der Waals surface area contributed by atoms with E-state index in [-0.39, 0.29) is 52.1 Å². The summed E-state index contributed by atoms with van der Waals surface area (Å²) in [6.45, 7) is 1.81. The second kappa shape index (κ2) is 8.38. The lowest BCUT2D eigenvalue weighted by Gasteiger charge is -2.27. The highest BCUT2D eigenvalue weighted by atomic mass is 79.9. The van der Waals surface area contributed by atoms with Crippen molar-refractivity contribution < 1.29 is 22.8 Å². The van der Waals surface area contributed by atoms with Gasteiger partial charge in [0.05, 0.1) is 16.5 Å². The summed E-state index contributed by atoms with van der Waals surface area (Å²) >= 11 is 3.28. The SMILES string of the molecule is C[C@@]12CC(C(=O)Nc3cccc(Br)n3)N(C(=O)Cn3c4ccc(C(F)(F)F)cc4c4c(N)ncnc43)[C@H]1C2. The second-order valence-corrected chi connectivity index (χ2v) is 10.8. The van der Waals surface area contributed by atoms with Crippen molar-refractivity contribution >= 4 is 61.3 Å². The van der Waals surface area contributed by atoms with Crippen LogP contribution in [0.2, 0.25) is 0 Å². The normalized spacial score (nSPS) is 22.6. The number of nitrogens with two attached hydrogens (primary N) is 1. The molecular weight excluding hydrogens is 567 g/mol. The van der Waals surface area contributed by atoms with Crippen molar-refractivity contribution in [2.45, 2.75) is 44.6 Å².